The van der Waals surface area contributed by atoms with Gasteiger partial charge in [0.1, 0.15) is 5.82 Å². The van der Waals surface area contributed by atoms with Gasteiger partial charge in [0.15, 0.2) is 0 Å². The number of benzene rings is 1. The number of rotatable bonds is 6. The summed E-state index contributed by atoms with van der Waals surface area (Å²) >= 11 is 0. The molecule has 0 aliphatic carbocycles. The van der Waals surface area contributed by atoms with E-state index in [1.165, 1.54) is 6.07 Å². The third kappa shape index (κ3) is 4.84. The Balaban J connectivity index is 2.34. The normalized spacial score (nSPS) is 11.3. The summed E-state index contributed by atoms with van der Waals surface area (Å²) < 4.78 is 13.3. The van der Waals surface area contributed by atoms with E-state index in [1.807, 2.05) is 20.9 Å². The van der Waals surface area contributed by atoms with Gasteiger partial charge >= 0.3 is 0 Å². The summed E-state index contributed by atoms with van der Waals surface area (Å²) in [7, 11) is 1.83. The molecule has 0 saturated heterocycles. The molecule has 0 atom stereocenters. The molecule has 0 aliphatic rings. The SMILES string of the molecule is CNC(C)(C)CC(=O)NCCc1ccccc1F. The Bertz CT molecular complexity index is 405. The number of carbonyl (C=O) groups is 1. The molecule has 0 spiro atoms. The number of hydrogen-bond acceptors (Lipinski definition) is 2. The van der Waals surface area contributed by atoms with Crippen LogP contribution in [0.3, 0.4) is 0 Å². The highest BCUT2D eigenvalue weighted by Crippen LogP contribution is 2.08. The van der Waals surface area contributed by atoms with Gasteiger partial charge in [-0.15, -0.1) is 0 Å². The summed E-state index contributed by atoms with van der Waals surface area (Å²) in [5, 5.41) is 5.87. The second-order valence-corrected chi connectivity index (χ2v) is 5.00. The Morgan fingerprint density at radius 3 is 2.61 bits per heavy atom. The van der Waals surface area contributed by atoms with Gasteiger partial charge in [-0.25, -0.2) is 4.39 Å². The van der Waals surface area contributed by atoms with Crippen molar-refractivity contribution in [1.29, 1.82) is 0 Å². The van der Waals surface area contributed by atoms with Crippen molar-refractivity contribution in [2.45, 2.75) is 32.2 Å². The van der Waals surface area contributed by atoms with Crippen LogP contribution in [0.1, 0.15) is 25.8 Å². The van der Waals surface area contributed by atoms with Gasteiger partial charge in [-0.3, -0.25) is 4.79 Å². The van der Waals surface area contributed by atoms with Gasteiger partial charge in [-0.05, 0) is 38.9 Å². The lowest BCUT2D eigenvalue weighted by molar-refractivity contribution is -0.122. The number of amides is 1. The molecule has 0 bridgehead atoms. The molecule has 1 aromatic carbocycles. The van der Waals surface area contributed by atoms with E-state index >= 15 is 0 Å². The molecule has 0 aromatic heterocycles. The fourth-order valence-electron chi connectivity index (χ4n) is 1.59. The maximum atomic E-state index is 13.3. The van der Waals surface area contributed by atoms with Crippen LogP contribution < -0.4 is 10.6 Å². The molecule has 100 valence electrons. The number of halogens is 1. The molecule has 18 heavy (non-hydrogen) atoms. The van der Waals surface area contributed by atoms with Crippen molar-refractivity contribution in [2.24, 2.45) is 0 Å². The first-order valence-corrected chi connectivity index (χ1v) is 6.13. The molecule has 1 aromatic rings. The van der Waals surface area contributed by atoms with Crippen LogP contribution in [0, 0.1) is 5.82 Å². The van der Waals surface area contributed by atoms with Crippen LogP contribution in [0.25, 0.3) is 0 Å². The highest BCUT2D eigenvalue weighted by Gasteiger charge is 2.18. The molecule has 2 N–H and O–H groups in total. The van der Waals surface area contributed by atoms with Gasteiger partial charge in [0.25, 0.3) is 0 Å². The number of nitrogens with one attached hydrogen (secondary N) is 2. The zero-order chi connectivity index (χ0) is 13.6. The molecule has 0 radical (unpaired) electrons. The minimum absolute atomic E-state index is 0.0225. The average molecular weight is 252 g/mol. The van der Waals surface area contributed by atoms with Crippen molar-refractivity contribution in [3.05, 3.63) is 35.6 Å². The molecule has 0 fully saturated rings. The van der Waals surface area contributed by atoms with Crippen LogP contribution in [0.5, 0.6) is 0 Å². The van der Waals surface area contributed by atoms with Crippen molar-refractivity contribution in [3.63, 3.8) is 0 Å². The quantitative estimate of drug-likeness (QED) is 0.811. The van der Waals surface area contributed by atoms with E-state index in [1.54, 1.807) is 18.2 Å². The van der Waals surface area contributed by atoms with Crippen LogP contribution >= 0.6 is 0 Å². The molecular weight excluding hydrogens is 231 g/mol. The Morgan fingerprint density at radius 2 is 2.00 bits per heavy atom. The molecule has 0 saturated carbocycles. The van der Waals surface area contributed by atoms with E-state index in [0.29, 0.717) is 24.9 Å². The Labute approximate surface area is 108 Å². The van der Waals surface area contributed by atoms with Crippen LogP contribution in [0.15, 0.2) is 24.3 Å². The minimum atomic E-state index is -0.220. The lowest BCUT2D eigenvalue weighted by atomic mass is 10.0. The molecular formula is C14H21FN2O. The lowest BCUT2D eigenvalue weighted by Crippen LogP contribution is -2.42. The van der Waals surface area contributed by atoms with Gasteiger partial charge in [0.05, 0.1) is 0 Å². The summed E-state index contributed by atoms with van der Waals surface area (Å²) in [4.78, 5) is 11.6. The minimum Gasteiger partial charge on any atom is -0.356 e. The van der Waals surface area contributed by atoms with Gasteiger partial charge in [-0.1, -0.05) is 18.2 Å². The maximum Gasteiger partial charge on any atom is 0.221 e. The van der Waals surface area contributed by atoms with E-state index < -0.39 is 0 Å². The van der Waals surface area contributed by atoms with Crippen molar-refractivity contribution in [3.8, 4) is 0 Å². The molecule has 3 nitrogen and oxygen atoms in total. The van der Waals surface area contributed by atoms with Gasteiger partial charge < -0.3 is 10.6 Å². The number of hydrogen-bond donors (Lipinski definition) is 2. The Hall–Kier alpha value is -1.42. The monoisotopic (exact) mass is 252 g/mol. The lowest BCUT2D eigenvalue weighted by Gasteiger charge is -2.23. The first-order chi connectivity index (χ1) is 8.44. The fraction of sp³-hybridized carbons (Fsp3) is 0.500. The predicted octanol–water partition coefficient (Wildman–Crippen LogP) is 1.87. The van der Waals surface area contributed by atoms with Crippen LogP contribution in [0.2, 0.25) is 0 Å². The second-order valence-electron chi connectivity index (χ2n) is 5.00. The van der Waals surface area contributed by atoms with Gasteiger partial charge in [-0.2, -0.15) is 0 Å². The van der Waals surface area contributed by atoms with Crippen LogP contribution in [-0.4, -0.2) is 25.0 Å². The van der Waals surface area contributed by atoms with Crippen LogP contribution in [0.4, 0.5) is 4.39 Å². The summed E-state index contributed by atoms with van der Waals surface area (Å²) in [5.41, 5.74) is 0.410. The number of carbonyl (C=O) groups excluding carboxylic acids is 1. The third-order valence-electron chi connectivity index (χ3n) is 2.95. The highest BCUT2D eigenvalue weighted by atomic mass is 19.1. The molecule has 0 aliphatic heterocycles. The highest BCUT2D eigenvalue weighted by molar-refractivity contribution is 5.77. The van der Waals surface area contributed by atoms with E-state index in [-0.39, 0.29) is 17.3 Å². The summed E-state index contributed by atoms with van der Waals surface area (Å²) in [6.45, 7) is 4.38. The standard InChI is InChI=1S/C14H21FN2O/c1-14(2,16-3)10-13(18)17-9-8-11-6-4-5-7-12(11)15/h4-7,16H,8-10H2,1-3H3,(H,17,18). The molecule has 0 unspecified atom stereocenters. The van der Waals surface area contributed by atoms with Gasteiger partial charge in [0, 0.05) is 18.5 Å². The fourth-order valence-corrected chi connectivity index (χ4v) is 1.59. The molecule has 0 heterocycles. The zero-order valence-corrected chi connectivity index (χ0v) is 11.2. The second kappa shape index (κ2) is 6.50. The Morgan fingerprint density at radius 1 is 1.33 bits per heavy atom. The topological polar surface area (TPSA) is 41.1 Å². The largest absolute Gasteiger partial charge is 0.356 e. The summed E-state index contributed by atoms with van der Waals surface area (Å²) in [5.74, 6) is -0.243. The van der Waals surface area contributed by atoms with E-state index in [0.717, 1.165) is 0 Å². The molecule has 1 rings (SSSR count). The Kier molecular flexibility index (Phi) is 5.28. The van der Waals surface area contributed by atoms with E-state index in [9.17, 15) is 9.18 Å². The van der Waals surface area contributed by atoms with E-state index in [2.05, 4.69) is 10.6 Å². The predicted molar refractivity (Wildman–Crippen MR) is 70.9 cm³/mol. The first kappa shape index (κ1) is 14.6. The van der Waals surface area contributed by atoms with E-state index in [4.69, 9.17) is 0 Å². The first-order valence-electron chi connectivity index (χ1n) is 6.13. The smallest absolute Gasteiger partial charge is 0.221 e. The van der Waals surface area contributed by atoms with Crippen molar-refractivity contribution >= 4 is 5.91 Å². The van der Waals surface area contributed by atoms with Crippen molar-refractivity contribution < 1.29 is 9.18 Å². The maximum absolute atomic E-state index is 13.3. The average Bonchev–Trinajstić information content (AvgIpc) is 2.31. The molecule has 1 amide bonds. The zero-order valence-electron chi connectivity index (χ0n) is 11.2. The van der Waals surface area contributed by atoms with Crippen LogP contribution in [-0.2, 0) is 11.2 Å². The third-order valence-corrected chi connectivity index (χ3v) is 2.95. The molecule has 4 heteroatoms. The van der Waals surface area contributed by atoms with Gasteiger partial charge in [0.2, 0.25) is 5.91 Å². The van der Waals surface area contributed by atoms with Crippen molar-refractivity contribution in [1.82, 2.24) is 10.6 Å². The summed E-state index contributed by atoms with van der Waals surface area (Å²) in [6.07, 6.45) is 0.916. The summed E-state index contributed by atoms with van der Waals surface area (Å²) in [6, 6.07) is 6.62. The van der Waals surface area contributed by atoms with Crippen molar-refractivity contribution in [2.75, 3.05) is 13.6 Å².